The Kier molecular flexibility index (Phi) is 5.92. The van der Waals surface area contributed by atoms with Crippen molar-refractivity contribution < 1.29 is 28.6 Å². The first-order valence-electron chi connectivity index (χ1n) is 11.4. The molecule has 0 radical (unpaired) electrons. The molecule has 1 saturated heterocycles. The Balaban J connectivity index is 1.71. The maximum absolute atomic E-state index is 13.2. The van der Waals surface area contributed by atoms with Crippen molar-refractivity contribution in [3.8, 4) is 0 Å². The van der Waals surface area contributed by atoms with Crippen molar-refractivity contribution in [3.63, 3.8) is 0 Å². The zero-order chi connectivity index (χ0) is 23.1. The summed E-state index contributed by atoms with van der Waals surface area (Å²) in [5.74, 6) is 0.0556. The predicted octanol–water partition coefficient (Wildman–Crippen LogP) is 4.44. The highest BCUT2D eigenvalue weighted by molar-refractivity contribution is 5.86. The van der Waals surface area contributed by atoms with Gasteiger partial charge in [-0.05, 0) is 36.8 Å². The highest BCUT2D eigenvalue weighted by Gasteiger charge is 2.59. The van der Waals surface area contributed by atoms with Crippen LogP contribution in [-0.2, 0) is 27.1 Å². The van der Waals surface area contributed by atoms with E-state index < -0.39 is 29.5 Å². The van der Waals surface area contributed by atoms with Gasteiger partial charge in [0.2, 0.25) is 5.79 Å². The summed E-state index contributed by atoms with van der Waals surface area (Å²) in [7, 11) is 0. The lowest BCUT2D eigenvalue weighted by molar-refractivity contribution is -0.170. The first-order valence-corrected chi connectivity index (χ1v) is 11.4. The number of carbonyl (C=O) groups is 2. The SMILES string of the molecule is CC(C)CC(NC(=O)O)[C@@]1(Cc2nccc3oc(CCC4CC4)cc23)OC(C)(C)OC1=O. The van der Waals surface area contributed by atoms with Gasteiger partial charge in [0, 0.05) is 38.3 Å². The fourth-order valence-electron chi connectivity index (χ4n) is 4.58. The van der Waals surface area contributed by atoms with Gasteiger partial charge in [0.15, 0.2) is 5.60 Å². The molecule has 0 spiro atoms. The van der Waals surface area contributed by atoms with Crippen molar-refractivity contribution in [2.45, 2.75) is 83.6 Å². The number of rotatable bonds is 9. The van der Waals surface area contributed by atoms with Crippen molar-refractivity contribution in [2.75, 3.05) is 0 Å². The molecule has 2 aliphatic rings. The van der Waals surface area contributed by atoms with E-state index in [0.717, 1.165) is 29.9 Å². The summed E-state index contributed by atoms with van der Waals surface area (Å²) in [6.07, 6.45) is 5.47. The van der Waals surface area contributed by atoms with Crippen LogP contribution in [0, 0.1) is 11.8 Å². The lowest BCUT2D eigenvalue weighted by Crippen LogP contribution is -2.58. The molecule has 0 bridgehead atoms. The van der Waals surface area contributed by atoms with Gasteiger partial charge in [-0.3, -0.25) is 4.98 Å². The summed E-state index contributed by atoms with van der Waals surface area (Å²) in [6.45, 7) is 7.25. The number of fused-ring (bicyclic) bond motifs is 1. The zero-order valence-electron chi connectivity index (χ0n) is 19.1. The first kappa shape index (κ1) is 22.6. The number of aryl methyl sites for hydroxylation is 1. The van der Waals surface area contributed by atoms with Gasteiger partial charge in [0.05, 0.1) is 11.7 Å². The van der Waals surface area contributed by atoms with Crippen LogP contribution in [-0.4, -0.2) is 39.6 Å². The number of carboxylic acid groups (broad SMARTS) is 1. The number of ether oxygens (including phenoxy) is 2. The van der Waals surface area contributed by atoms with E-state index in [-0.39, 0.29) is 12.3 Å². The Bertz CT molecular complexity index is 1010. The van der Waals surface area contributed by atoms with Crippen molar-refractivity contribution in [2.24, 2.45) is 11.8 Å². The van der Waals surface area contributed by atoms with Gasteiger partial charge in [-0.2, -0.15) is 0 Å². The minimum absolute atomic E-state index is 0.0753. The van der Waals surface area contributed by atoms with Crippen molar-refractivity contribution >= 4 is 23.0 Å². The zero-order valence-corrected chi connectivity index (χ0v) is 19.1. The number of nitrogens with one attached hydrogen (secondary N) is 1. The second kappa shape index (κ2) is 8.39. The fraction of sp³-hybridized carbons (Fsp3) is 0.625. The third-order valence-corrected chi connectivity index (χ3v) is 6.18. The van der Waals surface area contributed by atoms with Crippen molar-refractivity contribution in [3.05, 3.63) is 29.8 Å². The Morgan fingerprint density at radius 1 is 1.34 bits per heavy atom. The molecule has 32 heavy (non-hydrogen) atoms. The van der Waals surface area contributed by atoms with E-state index in [2.05, 4.69) is 10.3 Å². The predicted molar refractivity (Wildman–Crippen MR) is 117 cm³/mol. The summed E-state index contributed by atoms with van der Waals surface area (Å²) < 4.78 is 17.8. The largest absolute Gasteiger partial charge is 0.465 e. The summed E-state index contributed by atoms with van der Waals surface area (Å²) in [6, 6.07) is 3.00. The van der Waals surface area contributed by atoms with E-state index in [9.17, 15) is 14.7 Å². The molecule has 2 fully saturated rings. The minimum atomic E-state index is -1.53. The number of esters is 1. The molecule has 2 aromatic heterocycles. The molecule has 1 saturated carbocycles. The van der Waals surface area contributed by atoms with Crippen LogP contribution in [0.5, 0.6) is 0 Å². The number of furan rings is 1. The first-order chi connectivity index (χ1) is 15.1. The van der Waals surface area contributed by atoms with Crippen LogP contribution in [0.1, 0.15) is 64.8 Å². The Morgan fingerprint density at radius 3 is 2.69 bits per heavy atom. The van der Waals surface area contributed by atoms with Crippen LogP contribution in [0.4, 0.5) is 4.79 Å². The molecule has 2 atom stereocenters. The molecule has 1 aliphatic heterocycles. The van der Waals surface area contributed by atoms with Gasteiger partial charge >= 0.3 is 12.1 Å². The third-order valence-electron chi connectivity index (χ3n) is 6.18. The van der Waals surface area contributed by atoms with Crippen LogP contribution in [0.15, 0.2) is 22.7 Å². The molecule has 4 rings (SSSR count). The van der Waals surface area contributed by atoms with E-state index in [4.69, 9.17) is 13.9 Å². The minimum Gasteiger partial charge on any atom is -0.465 e. The summed E-state index contributed by atoms with van der Waals surface area (Å²) in [5.41, 5.74) is -0.202. The molecule has 8 nitrogen and oxygen atoms in total. The number of cyclic esters (lactones) is 1. The van der Waals surface area contributed by atoms with E-state index >= 15 is 0 Å². The lowest BCUT2D eigenvalue weighted by Gasteiger charge is -2.35. The average Bonchev–Trinajstić information content (AvgIpc) is 3.35. The Hall–Kier alpha value is -2.61. The maximum Gasteiger partial charge on any atom is 0.404 e. The van der Waals surface area contributed by atoms with Crippen molar-refractivity contribution in [1.82, 2.24) is 10.3 Å². The molecule has 0 aromatic carbocycles. The van der Waals surface area contributed by atoms with Gasteiger partial charge in [0.1, 0.15) is 11.3 Å². The van der Waals surface area contributed by atoms with Gasteiger partial charge < -0.3 is 24.3 Å². The van der Waals surface area contributed by atoms with E-state index in [0.29, 0.717) is 17.7 Å². The van der Waals surface area contributed by atoms with Gasteiger partial charge in [-0.25, -0.2) is 9.59 Å². The third kappa shape index (κ3) is 4.75. The second-order valence-corrected chi connectivity index (χ2v) is 9.95. The van der Waals surface area contributed by atoms with Gasteiger partial charge in [-0.1, -0.05) is 26.7 Å². The molecule has 1 aliphatic carbocycles. The maximum atomic E-state index is 13.2. The van der Waals surface area contributed by atoms with Gasteiger partial charge in [0.25, 0.3) is 0 Å². The Labute approximate surface area is 187 Å². The van der Waals surface area contributed by atoms with Gasteiger partial charge in [-0.15, -0.1) is 0 Å². The standard InChI is InChI=1S/C24H32N2O6/c1-14(2)11-20(26-22(28)29)24(21(27)31-23(3,4)32-24)13-18-17-12-16(8-7-15-5-6-15)30-19(17)9-10-25-18/h9-10,12,14-15,20,26H,5-8,11,13H2,1-4H3,(H,28,29)/t20?,24-/m1/s1. The van der Waals surface area contributed by atoms with Crippen LogP contribution in [0.2, 0.25) is 0 Å². The highest BCUT2D eigenvalue weighted by atomic mass is 16.8. The fourth-order valence-corrected chi connectivity index (χ4v) is 4.58. The molecular formula is C24H32N2O6. The number of nitrogens with zero attached hydrogens (tertiary/aromatic N) is 1. The number of pyridine rings is 1. The van der Waals surface area contributed by atoms with Crippen LogP contribution in [0.3, 0.4) is 0 Å². The molecule has 8 heteroatoms. The monoisotopic (exact) mass is 444 g/mol. The Morgan fingerprint density at radius 2 is 2.09 bits per heavy atom. The molecule has 1 amide bonds. The molecule has 2 N–H and O–H groups in total. The van der Waals surface area contributed by atoms with Crippen LogP contribution < -0.4 is 5.32 Å². The van der Waals surface area contributed by atoms with Crippen LogP contribution >= 0.6 is 0 Å². The number of amides is 1. The summed E-state index contributed by atoms with van der Waals surface area (Å²) in [4.78, 5) is 29.4. The average molecular weight is 445 g/mol. The second-order valence-electron chi connectivity index (χ2n) is 9.95. The summed E-state index contributed by atoms with van der Waals surface area (Å²) in [5, 5.41) is 12.8. The van der Waals surface area contributed by atoms with Crippen molar-refractivity contribution in [1.29, 1.82) is 0 Å². The normalized spacial score (nSPS) is 23.5. The number of aromatic nitrogens is 1. The van der Waals surface area contributed by atoms with E-state index in [1.54, 1.807) is 20.0 Å². The number of carbonyl (C=O) groups excluding carboxylic acids is 1. The lowest BCUT2D eigenvalue weighted by atomic mass is 9.83. The molecule has 174 valence electrons. The highest BCUT2D eigenvalue weighted by Crippen LogP contribution is 2.40. The topological polar surface area (TPSA) is 111 Å². The van der Waals surface area contributed by atoms with E-state index in [1.165, 1.54) is 12.8 Å². The quantitative estimate of drug-likeness (QED) is 0.550. The number of hydrogen-bond donors (Lipinski definition) is 2. The molecule has 1 unspecified atom stereocenters. The number of hydrogen-bond acceptors (Lipinski definition) is 6. The van der Waals surface area contributed by atoms with E-state index in [1.807, 2.05) is 26.0 Å². The molecule has 2 aromatic rings. The molecule has 3 heterocycles. The summed E-state index contributed by atoms with van der Waals surface area (Å²) >= 11 is 0. The van der Waals surface area contributed by atoms with Crippen LogP contribution in [0.25, 0.3) is 11.0 Å². The molecular weight excluding hydrogens is 412 g/mol. The smallest absolute Gasteiger partial charge is 0.404 e.